The third-order valence-corrected chi connectivity index (χ3v) is 10.1. The molecule has 11 heteroatoms. The normalized spacial score (nSPS) is 21.5. The van der Waals surface area contributed by atoms with Crippen LogP contribution in [0.25, 0.3) is 10.8 Å². The first-order chi connectivity index (χ1) is 24.6. The second kappa shape index (κ2) is 18.2. The Labute approximate surface area is 302 Å². The number of ether oxygens (including phenoxy) is 2. The van der Waals surface area contributed by atoms with E-state index in [4.69, 9.17) is 9.47 Å². The lowest BCUT2D eigenvalue weighted by molar-refractivity contribution is -0.0115. The van der Waals surface area contributed by atoms with E-state index in [9.17, 15) is 19.5 Å². The van der Waals surface area contributed by atoms with Crippen molar-refractivity contribution in [2.75, 3.05) is 44.0 Å². The fourth-order valence-electron chi connectivity index (χ4n) is 6.96. The van der Waals surface area contributed by atoms with E-state index in [-0.39, 0.29) is 55.3 Å². The molecule has 0 unspecified atom stereocenters. The van der Waals surface area contributed by atoms with E-state index in [0.717, 1.165) is 61.4 Å². The molecule has 0 spiro atoms. The van der Waals surface area contributed by atoms with Crippen LogP contribution in [0.1, 0.15) is 82.5 Å². The fraction of sp³-hybridized carbons (Fsp3) is 0.525. The molecular formula is C40H55N5O6. The number of carbonyl (C=O) groups is 3. The molecule has 1 saturated carbocycles. The molecule has 276 valence electrons. The Kier molecular flexibility index (Phi) is 13.5. The maximum absolute atomic E-state index is 14.5. The number of amides is 5. The smallest absolute Gasteiger partial charge is 0.321 e. The molecule has 4 N–H and O–H groups in total. The Morgan fingerprint density at radius 2 is 1.71 bits per heavy atom. The van der Waals surface area contributed by atoms with Crippen LogP contribution in [0, 0.1) is 5.92 Å². The number of aliphatic hydroxyl groups is 1. The SMILES string of the molecule is C[C@@H]1CCCCO[C@@H](CN(C)C(=O)Nc2cccc3ccccc23)[C@H](C)CN([C@@H](C)CO)C(=O)c2cc(NC(=O)NC3CCCCC3)ccc2O1. The minimum atomic E-state index is -0.516. The average Bonchev–Trinajstić information content (AvgIpc) is 3.13. The van der Waals surface area contributed by atoms with Crippen molar-refractivity contribution >= 4 is 40.1 Å². The number of nitrogens with one attached hydrogen (secondary N) is 3. The summed E-state index contributed by atoms with van der Waals surface area (Å²) in [5.41, 5.74) is 1.53. The summed E-state index contributed by atoms with van der Waals surface area (Å²) in [7, 11) is 1.75. The Balaban J connectivity index is 1.35. The summed E-state index contributed by atoms with van der Waals surface area (Å²) in [6, 6.07) is 18.0. The van der Waals surface area contributed by atoms with Crippen LogP contribution in [-0.2, 0) is 4.74 Å². The summed E-state index contributed by atoms with van der Waals surface area (Å²) in [5.74, 6) is -0.0902. The number of rotatable bonds is 7. The summed E-state index contributed by atoms with van der Waals surface area (Å²) in [6.45, 7) is 6.60. The number of aliphatic hydroxyl groups excluding tert-OH is 1. The molecule has 5 rings (SSSR count). The van der Waals surface area contributed by atoms with Crippen LogP contribution in [0.5, 0.6) is 5.75 Å². The van der Waals surface area contributed by atoms with Gasteiger partial charge < -0.3 is 40.3 Å². The molecule has 0 bridgehead atoms. The third kappa shape index (κ3) is 10.4. The summed E-state index contributed by atoms with van der Waals surface area (Å²) >= 11 is 0. The molecule has 5 amide bonds. The largest absolute Gasteiger partial charge is 0.490 e. The molecule has 0 radical (unpaired) electrons. The quantitative estimate of drug-likeness (QED) is 0.205. The van der Waals surface area contributed by atoms with Gasteiger partial charge in [0.2, 0.25) is 0 Å². The van der Waals surface area contributed by atoms with Crippen LogP contribution < -0.4 is 20.7 Å². The third-order valence-electron chi connectivity index (χ3n) is 10.1. The molecule has 11 nitrogen and oxygen atoms in total. The lowest BCUT2D eigenvalue weighted by Gasteiger charge is -2.36. The van der Waals surface area contributed by atoms with E-state index < -0.39 is 6.04 Å². The summed E-state index contributed by atoms with van der Waals surface area (Å²) in [6.07, 6.45) is 7.19. The molecule has 2 aliphatic rings. The zero-order valence-corrected chi connectivity index (χ0v) is 30.5. The van der Waals surface area contributed by atoms with Gasteiger partial charge in [-0.15, -0.1) is 0 Å². The molecule has 51 heavy (non-hydrogen) atoms. The zero-order chi connectivity index (χ0) is 36.3. The van der Waals surface area contributed by atoms with Crippen LogP contribution in [0.15, 0.2) is 60.7 Å². The number of carbonyl (C=O) groups excluding carboxylic acids is 3. The maximum atomic E-state index is 14.5. The van der Waals surface area contributed by atoms with Crippen LogP contribution in [0.3, 0.4) is 0 Å². The number of likely N-dealkylation sites (N-methyl/N-ethyl adjacent to an activating group) is 1. The second-order valence-electron chi connectivity index (χ2n) is 14.3. The average molecular weight is 702 g/mol. The van der Waals surface area contributed by atoms with Crippen molar-refractivity contribution in [3.05, 3.63) is 66.2 Å². The number of fused-ring (bicyclic) bond motifs is 2. The highest BCUT2D eigenvalue weighted by Gasteiger charge is 2.31. The number of urea groups is 2. The van der Waals surface area contributed by atoms with Gasteiger partial charge in [-0.05, 0) is 75.6 Å². The summed E-state index contributed by atoms with van der Waals surface area (Å²) in [5, 5.41) is 21.3. The summed E-state index contributed by atoms with van der Waals surface area (Å²) < 4.78 is 12.8. The molecule has 3 aromatic carbocycles. The van der Waals surface area contributed by atoms with Gasteiger partial charge >= 0.3 is 12.1 Å². The lowest BCUT2D eigenvalue weighted by Crippen LogP contribution is -2.48. The molecule has 4 atom stereocenters. The van der Waals surface area contributed by atoms with Crippen molar-refractivity contribution in [1.29, 1.82) is 0 Å². The topological polar surface area (TPSA) is 132 Å². The molecule has 0 aromatic heterocycles. The van der Waals surface area contributed by atoms with E-state index in [2.05, 4.69) is 16.0 Å². The van der Waals surface area contributed by atoms with Crippen LogP contribution in [0.4, 0.5) is 21.0 Å². The molecule has 1 aliphatic carbocycles. The monoisotopic (exact) mass is 701 g/mol. The predicted octanol–water partition coefficient (Wildman–Crippen LogP) is 7.25. The zero-order valence-electron chi connectivity index (χ0n) is 30.5. The molecule has 3 aromatic rings. The van der Waals surface area contributed by atoms with E-state index in [0.29, 0.717) is 30.2 Å². The van der Waals surface area contributed by atoms with Gasteiger partial charge in [0.05, 0.1) is 36.1 Å². The molecule has 1 heterocycles. The first-order valence-electron chi connectivity index (χ1n) is 18.5. The van der Waals surface area contributed by atoms with Gasteiger partial charge in [-0.3, -0.25) is 4.79 Å². The van der Waals surface area contributed by atoms with E-state index >= 15 is 0 Å². The molecule has 0 saturated heterocycles. The van der Waals surface area contributed by atoms with Gasteiger partial charge in [0.1, 0.15) is 5.75 Å². The first kappa shape index (κ1) is 37.9. The molecular weight excluding hydrogens is 646 g/mol. The van der Waals surface area contributed by atoms with E-state index in [1.807, 2.05) is 56.3 Å². The minimum absolute atomic E-state index is 0.141. The number of hydrogen-bond acceptors (Lipinski definition) is 6. The van der Waals surface area contributed by atoms with Crippen molar-refractivity contribution in [1.82, 2.24) is 15.1 Å². The van der Waals surface area contributed by atoms with Crippen molar-refractivity contribution in [2.24, 2.45) is 5.92 Å². The van der Waals surface area contributed by atoms with Gasteiger partial charge in [-0.25, -0.2) is 9.59 Å². The Morgan fingerprint density at radius 1 is 0.961 bits per heavy atom. The Hall–Kier alpha value is -4.35. The standard InChI is InChI=1S/C40H55N5O6/c1-27-24-45(28(2)26-46)38(47)34-23-32(42-39(48)41-31-16-6-5-7-17-31)20-21-36(34)51-29(3)13-10-11-22-50-37(27)25-44(4)40(49)43-35-19-12-15-30-14-8-9-18-33(30)35/h8-9,12,14-15,18-21,23,27-29,31,37,46H,5-7,10-11,13,16-17,22,24-26H2,1-4H3,(H,43,49)(H2,41,42,48)/t27-,28+,29-,37+/m1/s1. The van der Waals surface area contributed by atoms with Gasteiger partial charge in [0, 0.05) is 49.8 Å². The molecule has 1 fully saturated rings. The van der Waals surface area contributed by atoms with Crippen molar-refractivity contribution in [2.45, 2.75) is 96.4 Å². The van der Waals surface area contributed by atoms with Gasteiger partial charge in [-0.2, -0.15) is 0 Å². The number of benzene rings is 3. The Bertz CT molecular complexity index is 1620. The van der Waals surface area contributed by atoms with Crippen molar-refractivity contribution in [3.63, 3.8) is 0 Å². The Morgan fingerprint density at radius 3 is 2.49 bits per heavy atom. The van der Waals surface area contributed by atoms with E-state index in [1.165, 1.54) is 6.42 Å². The van der Waals surface area contributed by atoms with Gasteiger partial charge in [0.25, 0.3) is 5.91 Å². The highest BCUT2D eigenvalue weighted by atomic mass is 16.5. The predicted molar refractivity (Wildman–Crippen MR) is 201 cm³/mol. The van der Waals surface area contributed by atoms with Crippen molar-refractivity contribution < 1.29 is 29.0 Å². The second-order valence-corrected chi connectivity index (χ2v) is 14.3. The highest BCUT2D eigenvalue weighted by Crippen LogP contribution is 2.29. The van der Waals surface area contributed by atoms with E-state index in [1.54, 1.807) is 42.0 Å². The maximum Gasteiger partial charge on any atom is 0.321 e. The van der Waals surface area contributed by atoms with Gasteiger partial charge in [-0.1, -0.05) is 62.6 Å². The van der Waals surface area contributed by atoms with Crippen LogP contribution >= 0.6 is 0 Å². The number of nitrogens with zero attached hydrogens (tertiary/aromatic N) is 2. The highest BCUT2D eigenvalue weighted by molar-refractivity contribution is 6.01. The van der Waals surface area contributed by atoms with Crippen LogP contribution in [0.2, 0.25) is 0 Å². The summed E-state index contributed by atoms with van der Waals surface area (Å²) in [4.78, 5) is 44.1. The number of hydrogen-bond donors (Lipinski definition) is 4. The molecule has 1 aliphatic heterocycles. The minimum Gasteiger partial charge on any atom is -0.490 e. The number of anilines is 2. The lowest BCUT2D eigenvalue weighted by atomic mass is 9.96. The first-order valence-corrected chi connectivity index (χ1v) is 18.5. The fourth-order valence-corrected chi connectivity index (χ4v) is 6.96. The van der Waals surface area contributed by atoms with Gasteiger partial charge in [0.15, 0.2) is 0 Å². The van der Waals surface area contributed by atoms with Crippen LogP contribution in [-0.4, -0.2) is 90.5 Å². The van der Waals surface area contributed by atoms with Crippen molar-refractivity contribution in [3.8, 4) is 5.75 Å².